The van der Waals surface area contributed by atoms with Crippen LogP contribution in [0.4, 0.5) is 4.39 Å². The average Bonchev–Trinajstić information content (AvgIpc) is 2.47. The van der Waals surface area contributed by atoms with Gasteiger partial charge in [0.2, 0.25) is 0 Å². The maximum Gasteiger partial charge on any atom is 0.317 e. The van der Waals surface area contributed by atoms with E-state index in [4.69, 9.17) is 9.84 Å². The number of hydrogen-bond donors (Lipinski definition) is 1. The number of carboxylic acids is 1. The molecule has 1 fully saturated rings. The number of morpholine rings is 1. The Kier molecular flexibility index (Phi) is 6.50. The van der Waals surface area contributed by atoms with Crippen molar-refractivity contribution in [3.63, 3.8) is 0 Å². The Labute approximate surface area is 136 Å². The minimum Gasteiger partial charge on any atom is -0.480 e. The van der Waals surface area contributed by atoms with E-state index >= 15 is 0 Å². The van der Waals surface area contributed by atoms with E-state index in [9.17, 15) is 9.18 Å². The molecule has 128 valence electrons. The Morgan fingerprint density at radius 3 is 2.83 bits per heavy atom. The van der Waals surface area contributed by atoms with Crippen molar-refractivity contribution in [2.75, 3.05) is 46.4 Å². The molecule has 0 spiro atoms. The fourth-order valence-corrected chi connectivity index (χ4v) is 2.98. The molecule has 1 aliphatic rings. The van der Waals surface area contributed by atoms with Crippen LogP contribution in [-0.4, -0.2) is 73.4 Å². The van der Waals surface area contributed by atoms with Crippen LogP contribution in [0.5, 0.6) is 0 Å². The van der Waals surface area contributed by atoms with Crippen molar-refractivity contribution in [1.82, 2.24) is 9.80 Å². The number of carbonyl (C=O) groups is 1. The summed E-state index contributed by atoms with van der Waals surface area (Å²) in [6, 6.07) is 6.65. The van der Waals surface area contributed by atoms with Crippen molar-refractivity contribution in [2.45, 2.75) is 18.9 Å². The fraction of sp³-hybridized carbons (Fsp3) is 0.588. The maximum absolute atomic E-state index is 13.0. The zero-order valence-electron chi connectivity index (χ0n) is 13.7. The van der Waals surface area contributed by atoms with Gasteiger partial charge in [0, 0.05) is 26.2 Å². The number of likely N-dealkylation sites (N-methyl/N-ethyl adjacent to an activating group) is 1. The molecular formula is C17H25FN2O3. The maximum atomic E-state index is 13.0. The fourth-order valence-electron chi connectivity index (χ4n) is 2.98. The molecule has 0 radical (unpaired) electrons. The average molecular weight is 324 g/mol. The van der Waals surface area contributed by atoms with Gasteiger partial charge in [-0.3, -0.25) is 14.6 Å². The number of rotatable bonds is 7. The van der Waals surface area contributed by atoms with Gasteiger partial charge in [0.1, 0.15) is 5.82 Å². The van der Waals surface area contributed by atoms with Gasteiger partial charge in [0.25, 0.3) is 0 Å². The van der Waals surface area contributed by atoms with Crippen LogP contribution in [0, 0.1) is 5.82 Å². The number of ether oxygens (including phenoxy) is 1. The van der Waals surface area contributed by atoms with Crippen LogP contribution in [-0.2, 0) is 9.53 Å². The summed E-state index contributed by atoms with van der Waals surface area (Å²) in [5, 5.41) is 8.81. The number of hydrogen-bond acceptors (Lipinski definition) is 4. The van der Waals surface area contributed by atoms with Gasteiger partial charge in [-0.05, 0) is 30.7 Å². The molecule has 0 saturated carbocycles. The van der Waals surface area contributed by atoms with E-state index in [2.05, 4.69) is 11.8 Å². The number of aliphatic carboxylic acids is 1. The number of nitrogens with zero attached hydrogens (tertiary/aromatic N) is 2. The monoisotopic (exact) mass is 324 g/mol. The van der Waals surface area contributed by atoms with Gasteiger partial charge in [-0.25, -0.2) is 4.39 Å². The van der Waals surface area contributed by atoms with Crippen molar-refractivity contribution in [3.05, 3.63) is 35.6 Å². The lowest BCUT2D eigenvalue weighted by Gasteiger charge is -2.35. The van der Waals surface area contributed by atoms with E-state index in [0.29, 0.717) is 19.1 Å². The predicted octanol–water partition coefficient (Wildman–Crippen LogP) is 1.65. The third-order valence-electron chi connectivity index (χ3n) is 4.11. The van der Waals surface area contributed by atoms with Crippen LogP contribution in [0.2, 0.25) is 0 Å². The zero-order valence-corrected chi connectivity index (χ0v) is 13.7. The molecule has 0 aliphatic carbocycles. The van der Waals surface area contributed by atoms with Gasteiger partial charge >= 0.3 is 5.97 Å². The first-order valence-corrected chi connectivity index (χ1v) is 7.94. The van der Waals surface area contributed by atoms with Gasteiger partial charge in [-0.15, -0.1) is 0 Å². The number of benzene rings is 1. The summed E-state index contributed by atoms with van der Waals surface area (Å²) < 4.78 is 18.7. The van der Waals surface area contributed by atoms with Crippen LogP contribution in [0.1, 0.15) is 18.4 Å². The molecule has 6 heteroatoms. The van der Waals surface area contributed by atoms with Gasteiger partial charge in [-0.2, -0.15) is 0 Å². The summed E-state index contributed by atoms with van der Waals surface area (Å²) >= 11 is 0. The molecular weight excluding hydrogens is 299 g/mol. The van der Waals surface area contributed by atoms with E-state index in [0.717, 1.165) is 25.2 Å². The largest absolute Gasteiger partial charge is 0.480 e. The van der Waals surface area contributed by atoms with Crippen molar-refractivity contribution < 1.29 is 19.0 Å². The summed E-state index contributed by atoms with van der Waals surface area (Å²) in [6.07, 6.45) is 0.0218. The highest BCUT2D eigenvalue weighted by Gasteiger charge is 2.23. The molecule has 1 N–H and O–H groups in total. The molecule has 1 aromatic carbocycles. The smallest absolute Gasteiger partial charge is 0.317 e. The summed E-state index contributed by atoms with van der Waals surface area (Å²) in [7, 11) is 1.79. The van der Waals surface area contributed by atoms with E-state index in [1.165, 1.54) is 12.1 Å². The van der Waals surface area contributed by atoms with Crippen molar-refractivity contribution in [2.24, 2.45) is 0 Å². The Hall–Kier alpha value is -1.50. The summed E-state index contributed by atoms with van der Waals surface area (Å²) in [6.45, 7) is 5.95. The minimum absolute atomic E-state index is 0.0197. The third-order valence-corrected chi connectivity index (χ3v) is 4.11. The van der Waals surface area contributed by atoms with Crippen molar-refractivity contribution in [3.8, 4) is 0 Å². The number of carboxylic acid groups (broad SMARTS) is 1. The summed E-state index contributed by atoms with van der Waals surface area (Å²) in [5.41, 5.74) is 1.12. The minimum atomic E-state index is -0.829. The second-order valence-electron chi connectivity index (χ2n) is 6.30. The quantitative estimate of drug-likeness (QED) is 0.826. The molecule has 0 bridgehead atoms. The van der Waals surface area contributed by atoms with E-state index in [1.54, 1.807) is 11.9 Å². The van der Waals surface area contributed by atoms with Crippen LogP contribution in [0.15, 0.2) is 24.3 Å². The third kappa shape index (κ3) is 5.89. The number of halogens is 1. The first kappa shape index (κ1) is 17.8. The van der Waals surface area contributed by atoms with Crippen molar-refractivity contribution in [1.29, 1.82) is 0 Å². The van der Waals surface area contributed by atoms with Gasteiger partial charge in [0.15, 0.2) is 0 Å². The molecule has 0 amide bonds. The van der Waals surface area contributed by atoms with Gasteiger partial charge in [0.05, 0.1) is 19.3 Å². The molecule has 1 heterocycles. The molecule has 2 rings (SSSR count). The molecule has 5 nitrogen and oxygen atoms in total. The Balaban J connectivity index is 1.83. The highest BCUT2D eigenvalue weighted by molar-refractivity contribution is 5.69. The van der Waals surface area contributed by atoms with Gasteiger partial charge < -0.3 is 9.84 Å². The summed E-state index contributed by atoms with van der Waals surface area (Å²) in [4.78, 5) is 14.8. The van der Waals surface area contributed by atoms with E-state index < -0.39 is 5.97 Å². The molecule has 0 aromatic heterocycles. The Bertz CT molecular complexity index is 509. The molecule has 2 unspecified atom stereocenters. The van der Waals surface area contributed by atoms with E-state index in [1.807, 2.05) is 12.1 Å². The first-order chi connectivity index (χ1) is 10.9. The van der Waals surface area contributed by atoms with Crippen LogP contribution in [0.25, 0.3) is 0 Å². The second kappa shape index (κ2) is 8.38. The van der Waals surface area contributed by atoms with Gasteiger partial charge in [-0.1, -0.05) is 19.1 Å². The normalized spacial score (nSPS) is 20.6. The van der Waals surface area contributed by atoms with Crippen LogP contribution < -0.4 is 0 Å². The Morgan fingerprint density at radius 2 is 2.17 bits per heavy atom. The molecule has 2 atom stereocenters. The molecule has 1 saturated heterocycles. The highest BCUT2D eigenvalue weighted by Crippen LogP contribution is 2.18. The molecule has 1 aliphatic heterocycles. The second-order valence-corrected chi connectivity index (χ2v) is 6.30. The van der Waals surface area contributed by atoms with Crippen molar-refractivity contribution >= 4 is 5.97 Å². The van der Waals surface area contributed by atoms with Crippen LogP contribution in [0.3, 0.4) is 0 Å². The topological polar surface area (TPSA) is 53.0 Å². The lowest BCUT2D eigenvalue weighted by atomic mass is 10.0. The SMILES string of the molecule is CC(CN1CCOC(CN(C)CC(=O)O)C1)c1ccc(F)cc1. The standard InChI is InChI=1S/C17H25FN2O3/c1-13(14-3-5-15(18)6-4-14)9-20-7-8-23-16(11-20)10-19(2)12-17(21)22/h3-6,13,16H,7-12H2,1-2H3,(H,21,22). The highest BCUT2D eigenvalue weighted by atomic mass is 19.1. The Morgan fingerprint density at radius 1 is 1.48 bits per heavy atom. The lowest BCUT2D eigenvalue weighted by molar-refractivity contribution is -0.138. The molecule has 1 aromatic rings. The molecule has 23 heavy (non-hydrogen) atoms. The lowest BCUT2D eigenvalue weighted by Crippen LogP contribution is -2.48. The zero-order chi connectivity index (χ0) is 16.8. The van der Waals surface area contributed by atoms with E-state index in [-0.39, 0.29) is 18.5 Å². The first-order valence-electron chi connectivity index (χ1n) is 7.94. The predicted molar refractivity (Wildman–Crippen MR) is 86.1 cm³/mol. The van der Waals surface area contributed by atoms with Crippen LogP contribution >= 0.6 is 0 Å². The summed E-state index contributed by atoms with van der Waals surface area (Å²) in [5.74, 6) is -0.731.